The van der Waals surface area contributed by atoms with E-state index in [1.165, 1.54) is 13.0 Å². The Morgan fingerprint density at radius 3 is 2.87 bits per heavy atom. The first-order valence-electron chi connectivity index (χ1n) is 7.66. The highest BCUT2D eigenvalue weighted by molar-refractivity contribution is 7.89. The monoisotopic (exact) mass is 343 g/mol. The van der Waals surface area contributed by atoms with Crippen molar-refractivity contribution >= 4 is 21.6 Å². The molecular weight excluding hydrogens is 321 g/mol. The summed E-state index contributed by atoms with van der Waals surface area (Å²) in [4.78, 5) is 11.0. The summed E-state index contributed by atoms with van der Waals surface area (Å²) >= 11 is 0. The van der Waals surface area contributed by atoms with Crippen LogP contribution in [0.2, 0.25) is 0 Å². The summed E-state index contributed by atoms with van der Waals surface area (Å²) in [7, 11) is -3.72. The third kappa shape index (κ3) is 5.26. The number of halogens is 1. The molecule has 0 spiro atoms. The minimum atomic E-state index is -3.72. The molecule has 0 saturated carbocycles. The van der Waals surface area contributed by atoms with E-state index in [0.29, 0.717) is 12.5 Å². The smallest absolute Gasteiger partial charge is 0.240 e. The van der Waals surface area contributed by atoms with Gasteiger partial charge in [-0.25, -0.2) is 17.5 Å². The number of nitrogens with one attached hydrogen (secondary N) is 3. The van der Waals surface area contributed by atoms with E-state index in [-0.39, 0.29) is 10.6 Å². The zero-order valence-electron chi connectivity index (χ0n) is 13.1. The maximum atomic E-state index is 13.6. The van der Waals surface area contributed by atoms with Gasteiger partial charge < -0.3 is 10.6 Å². The second kappa shape index (κ2) is 7.85. The van der Waals surface area contributed by atoms with E-state index in [1.807, 2.05) is 0 Å². The SMILES string of the molecule is CC(=O)Nc1cc(S(=O)(=O)NCCC2CCCNC2)ccc1F. The molecule has 1 atom stereocenters. The number of amides is 1. The topological polar surface area (TPSA) is 87.3 Å². The molecule has 0 aromatic heterocycles. The fourth-order valence-corrected chi connectivity index (χ4v) is 3.68. The Balaban J connectivity index is 1.99. The van der Waals surface area contributed by atoms with Crippen LogP contribution in [0, 0.1) is 11.7 Å². The van der Waals surface area contributed by atoms with E-state index in [0.717, 1.165) is 44.5 Å². The molecule has 1 unspecified atom stereocenters. The van der Waals surface area contributed by atoms with Gasteiger partial charge in [-0.1, -0.05) is 0 Å². The zero-order valence-corrected chi connectivity index (χ0v) is 13.9. The normalized spacial score (nSPS) is 18.6. The summed E-state index contributed by atoms with van der Waals surface area (Å²) in [5.74, 6) is -0.668. The summed E-state index contributed by atoms with van der Waals surface area (Å²) in [6, 6.07) is 3.34. The molecule has 0 bridgehead atoms. The van der Waals surface area contributed by atoms with Crippen LogP contribution in [0.4, 0.5) is 10.1 Å². The fourth-order valence-electron chi connectivity index (χ4n) is 2.61. The van der Waals surface area contributed by atoms with Gasteiger partial charge in [-0.3, -0.25) is 4.79 Å². The van der Waals surface area contributed by atoms with Gasteiger partial charge in [-0.15, -0.1) is 0 Å². The lowest BCUT2D eigenvalue weighted by molar-refractivity contribution is -0.114. The van der Waals surface area contributed by atoms with Gasteiger partial charge in [-0.05, 0) is 56.5 Å². The van der Waals surface area contributed by atoms with Crippen molar-refractivity contribution in [3.8, 4) is 0 Å². The van der Waals surface area contributed by atoms with E-state index in [2.05, 4.69) is 15.4 Å². The predicted octanol–water partition coefficient (Wildman–Crippen LogP) is 1.45. The average molecular weight is 343 g/mol. The Morgan fingerprint density at radius 1 is 1.43 bits per heavy atom. The molecule has 23 heavy (non-hydrogen) atoms. The Morgan fingerprint density at radius 2 is 2.22 bits per heavy atom. The van der Waals surface area contributed by atoms with Gasteiger partial charge >= 0.3 is 0 Å². The van der Waals surface area contributed by atoms with Crippen LogP contribution in [0.25, 0.3) is 0 Å². The largest absolute Gasteiger partial charge is 0.324 e. The molecule has 1 aliphatic rings. The molecule has 1 heterocycles. The molecule has 8 heteroatoms. The van der Waals surface area contributed by atoms with Crippen LogP contribution in [0.3, 0.4) is 0 Å². The van der Waals surface area contributed by atoms with Crippen LogP contribution in [-0.4, -0.2) is 34.0 Å². The second-order valence-electron chi connectivity index (χ2n) is 5.72. The van der Waals surface area contributed by atoms with E-state index in [9.17, 15) is 17.6 Å². The second-order valence-corrected chi connectivity index (χ2v) is 7.49. The van der Waals surface area contributed by atoms with E-state index < -0.39 is 21.7 Å². The molecule has 1 saturated heterocycles. The maximum Gasteiger partial charge on any atom is 0.240 e. The number of piperidine rings is 1. The van der Waals surface area contributed by atoms with Gasteiger partial charge in [0.1, 0.15) is 5.82 Å². The number of carbonyl (C=O) groups excluding carboxylic acids is 1. The highest BCUT2D eigenvalue weighted by Crippen LogP contribution is 2.20. The molecule has 1 aromatic carbocycles. The first-order valence-corrected chi connectivity index (χ1v) is 9.14. The van der Waals surface area contributed by atoms with E-state index in [4.69, 9.17) is 0 Å². The van der Waals surface area contributed by atoms with Crippen molar-refractivity contribution in [3.63, 3.8) is 0 Å². The molecule has 1 amide bonds. The fraction of sp³-hybridized carbons (Fsp3) is 0.533. The summed E-state index contributed by atoms with van der Waals surface area (Å²) in [5.41, 5.74) is -0.142. The van der Waals surface area contributed by atoms with Crippen LogP contribution < -0.4 is 15.4 Å². The van der Waals surface area contributed by atoms with Crippen molar-refractivity contribution in [2.75, 3.05) is 25.0 Å². The van der Waals surface area contributed by atoms with Crippen LogP contribution >= 0.6 is 0 Å². The molecular formula is C15H22FN3O3S. The standard InChI is InChI=1S/C15H22FN3O3S/c1-11(20)19-15-9-13(4-5-14(15)16)23(21,22)18-8-6-12-3-2-7-17-10-12/h4-5,9,12,17-18H,2-3,6-8,10H2,1H3,(H,19,20). The van der Waals surface area contributed by atoms with Gasteiger partial charge in [0.2, 0.25) is 15.9 Å². The molecule has 0 aliphatic carbocycles. The van der Waals surface area contributed by atoms with Gasteiger partial charge in [-0.2, -0.15) is 0 Å². The predicted molar refractivity (Wildman–Crippen MR) is 86.1 cm³/mol. The third-order valence-corrected chi connectivity index (χ3v) is 5.26. The highest BCUT2D eigenvalue weighted by Gasteiger charge is 2.18. The molecule has 3 N–H and O–H groups in total. The number of anilines is 1. The molecule has 2 rings (SSSR count). The average Bonchev–Trinajstić information content (AvgIpc) is 2.50. The number of hydrogen-bond donors (Lipinski definition) is 3. The van der Waals surface area contributed by atoms with Crippen LogP contribution in [0.15, 0.2) is 23.1 Å². The molecule has 1 aliphatic heterocycles. The first-order chi connectivity index (χ1) is 10.9. The van der Waals surface area contributed by atoms with Crippen LogP contribution in [0.5, 0.6) is 0 Å². The molecule has 1 fully saturated rings. The first kappa shape index (κ1) is 17.8. The van der Waals surface area contributed by atoms with Gasteiger partial charge in [0.05, 0.1) is 10.6 Å². The number of benzene rings is 1. The Bertz CT molecular complexity index is 658. The lowest BCUT2D eigenvalue weighted by Crippen LogP contribution is -2.33. The molecule has 6 nitrogen and oxygen atoms in total. The maximum absolute atomic E-state index is 13.6. The van der Waals surface area contributed by atoms with Crippen molar-refractivity contribution in [3.05, 3.63) is 24.0 Å². The van der Waals surface area contributed by atoms with Crippen molar-refractivity contribution in [2.24, 2.45) is 5.92 Å². The number of carbonyl (C=O) groups is 1. The van der Waals surface area contributed by atoms with Crippen LogP contribution in [-0.2, 0) is 14.8 Å². The molecule has 128 valence electrons. The molecule has 0 radical (unpaired) electrons. The Labute approximate surface area is 135 Å². The number of rotatable bonds is 6. The van der Waals surface area contributed by atoms with Crippen LogP contribution in [0.1, 0.15) is 26.2 Å². The van der Waals surface area contributed by atoms with Crippen molar-refractivity contribution in [1.29, 1.82) is 0 Å². The third-order valence-electron chi connectivity index (χ3n) is 3.80. The highest BCUT2D eigenvalue weighted by atomic mass is 32.2. The van der Waals surface area contributed by atoms with Crippen molar-refractivity contribution in [2.45, 2.75) is 31.1 Å². The summed E-state index contributed by atoms with van der Waals surface area (Å²) in [5, 5.41) is 5.57. The lowest BCUT2D eigenvalue weighted by Gasteiger charge is -2.22. The lowest BCUT2D eigenvalue weighted by atomic mass is 9.96. The number of sulfonamides is 1. The summed E-state index contributed by atoms with van der Waals surface area (Å²) in [6.07, 6.45) is 2.96. The van der Waals surface area contributed by atoms with Gasteiger partial charge in [0.25, 0.3) is 0 Å². The molecule has 1 aromatic rings. The van der Waals surface area contributed by atoms with Crippen molar-refractivity contribution in [1.82, 2.24) is 10.0 Å². The summed E-state index contributed by atoms with van der Waals surface area (Å²) in [6.45, 7) is 3.49. The Hall–Kier alpha value is -1.51. The van der Waals surface area contributed by atoms with Gasteiger partial charge in [0.15, 0.2) is 0 Å². The van der Waals surface area contributed by atoms with Gasteiger partial charge in [0, 0.05) is 13.5 Å². The minimum absolute atomic E-state index is 0.0654. The Kier molecular flexibility index (Phi) is 6.09. The number of hydrogen-bond acceptors (Lipinski definition) is 4. The summed E-state index contributed by atoms with van der Waals surface area (Å²) < 4.78 is 40.6. The quantitative estimate of drug-likeness (QED) is 0.730. The zero-order chi connectivity index (χ0) is 16.9. The van der Waals surface area contributed by atoms with E-state index >= 15 is 0 Å². The van der Waals surface area contributed by atoms with E-state index in [1.54, 1.807) is 0 Å². The van der Waals surface area contributed by atoms with Crippen molar-refractivity contribution < 1.29 is 17.6 Å². The minimum Gasteiger partial charge on any atom is -0.324 e.